The topological polar surface area (TPSA) is 122 Å². The predicted octanol–water partition coefficient (Wildman–Crippen LogP) is 1.90. The molecule has 0 bridgehead atoms. The first-order valence-corrected chi connectivity index (χ1v) is 9.30. The molecule has 0 spiro atoms. The zero-order chi connectivity index (χ0) is 20.7. The number of amides is 1. The summed E-state index contributed by atoms with van der Waals surface area (Å²) in [4.78, 5) is 37.6. The average Bonchev–Trinajstić information content (AvgIpc) is 3.05. The van der Waals surface area contributed by atoms with Crippen molar-refractivity contribution in [3.05, 3.63) is 12.7 Å². The van der Waals surface area contributed by atoms with Gasteiger partial charge in [-0.3, -0.25) is 0 Å². The Morgan fingerprint density at radius 1 is 1.21 bits per heavy atom. The molecule has 0 saturated carbocycles. The second-order valence-electron chi connectivity index (χ2n) is 7.10. The number of aliphatic carboxylic acids is 1. The van der Waals surface area contributed by atoms with Gasteiger partial charge >= 0.3 is 12.1 Å². The van der Waals surface area contributed by atoms with E-state index in [0.29, 0.717) is 6.42 Å². The number of hydrogen-bond acceptors (Lipinski definition) is 7. The van der Waals surface area contributed by atoms with Crippen LogP contribution < -0.4 is 10.2 Å². The van der Waals surface area contributed by atoms with Gasteiger partial charge in [0.2, 0.25) is 0 Å². The highest BCUT2D eigenvalue weighted by atomic mass is 16.5. The van der Waals surface area contributed by atoms with Crippen LogP contribution in [0.4, 0.5) is 10.6 Å². The number of aromatic nitrogens is 4. The number of hydrogen-bond donors (Lipinski definition) is 2. The van der Waals surface area contributed by atoms with Crippen LogP contribution in [0.3, 0.4) is 0 Å². The van der Waals surface area contributed by atoms with Crippen molar-refractivity contribution in [2.24, 2.45) is 5.92 Å². The molecule has 0 aromatic carbocycles. The molecule has 0 radical (unpaired) electrons. The number of anilines is 1. The smallest absolute Gasteiger partial charge is 0.407 e. The van der Waals surface area contributed by atoms with Crippen LogP contribution in [0.15, 0.2) is 12.7 Å². The van der Waals surface area contributed by atoms with Gasteiger partial charge in [-0.25, -0.2) is 24.5 Å². The van der Waals surface area contributed by atoms with Gasteiger partial charge in [0.05, 0.1) is 12.9 Å². The van der Waals surface area contributed by atoms with E-state index in [1.165, 1.54) is 6.33 Å². The maximum Gasteiger partial charge on any atom is 0.407 e. The van der Waals surface area contributed by atoms with Crippen molar-refractivity contribution in [1.82, 2.24) is 24.8 Å². The van der Waals surface area contributed by atoms with Crippen molar-refractivity contribution in [3.8, 4) is 0 Å². The van der Waals surface area contributed by atoms with E-state index < -0.39 is 18.1 Å². The molecule has 0 aliphatic heterocycles. The zero-order valence-electron chi connectivity index (χ0n) is 16.8. The van der Waals surface area contributed by atoms with Crippen LogP contribution in [0.25, 0.3) is 11.2 Å². The van der Waals surface area contributed by atoms with Gasteiger partial charge in [0.15, 0.2) is 17.0 Å². The number of nitrogens with zero attached hydrogens (tertiary/aromatic N) is 5. The number of alkyl carbamates (subject to hydrolysis) is 1. The summed E-state index contributed by atoms with van der Waals surface area (Å²) in [6, 6.07) is -0.948. The van der Waals surface area contributed by atoms with Crippen LogP contribution in [-0.4, -0.2) is 63.4 Å². The second-order valence-corrected chi connectivity index (χ2v) is 7.10. The maximum absolute atomic E-state index is 11.7. The van der Waals surface area contributed by atoms with Gasteiger partial charge in [-0.1, -0.05) is 13.8 Å². The van der Waals surface area contributed by atoms with Gasteiger partial charge in [-0.2, -0.15) is 0 Å². The molecule has 0 aliphatic carbocycles. The Kier molecular flexibility index (Phi) is 7.53. The summed E-state index contributed by atoms with van der Waals surface area (Å²) in [6.07, 6.45) is 5.01. The summed E-state index contributed by atoms with van der Waals surface area (Å²) >= 11 is 0. The molecule has 2 aromatic rings. The Morgan fingerprint density at radius 2 is 1.96 bits per heavy atom. The number of imidazole rings is 1. The van der Waals surface area contributed by atoms with Gasteiger partial charge in [0.1, 0.15) is 12.4 Å². The quantitative estimate of drug-likeness (QED) is 0.588. The van der Waals surface area contributed by atoms with Crippen molar-refractivity contribution < 1.29 is 19.4 Å². The molecule has 0 aliphatic rings. The molecule has 2 aromatic heterocycles. The van der Waals surface area contributed by atoms with E-state index in [0.717, 1.165) is 36.4 Å². The third kappa shape index (κ3) is 5.54. The van der Waals surface area contributed by atoms with Crippen molar-refractivity contribution in [1.29, 1.82) is 0 Å². The Labute approximate surface area is 163 Å². The molecule has 2 N–H and O–H groups in total. The van der Waals surface area contributed by atoms with Crippen LogP contribution in [0.1, 0.15) is 33.1 Å². The fourth-order valence-electron chi connectivity index (χ4n) is 2.77. The highest BCUT2D eigenvalue weighted by Gasteiger charge is 2.23. The molecule has 2 heterocycles. The molecule has 1 atom stereocenters. The third-order valence-electron chi connectivity index (χ3n) is 4.29. The first kappa shape index (κ1) is 21.4. The standard InChI is InChI=1S/C18H28N6O4/c1-12(2)13(17(25)26)22-18(27)28-9-7-5-6-8-24-11-21-14-15(23(3)4)19-10-20-16(14)24/h10-13H,5-9H2,1-4H3,(H,22,27)(H,25,26)/t13-/m0/s1. The number of carboxylic acids is 1. The van der Waals surface area contributed by atoms with Gasteiger partial charge in [-0.05, 0) is 25.2 Å². The summed E-state index contributed by atoms with van der Waals surface area (Å²) in [6.45, 7) is 4.45. The summed E-state index contributed by atoms with van der Waals surface area (Å²) in [5.41, 5.74) is 1.56. The summed E-state index contributed by atoms with van der Waals surface area (Å²) in [7, 11) is 3.83. The minimum Gasteiger partial charge on any atom is -0.480 e. The van der Waals surface area contributed by atoms with E-state index >= 15 is 0 Å². The number of aryl methyl sites for hydroxylation is 1. The number of nitrogens with one attached hydrogen (secondary N) is 1. The number of carboxylic acid groups (broad SMARTS) is 1. The summed E-state index contributed by atoms with van der Waals surface area (Å²) < 4.78 is 7.05. The lowest BCUT2D eigenvalue weighted by atomic mass is 10.1. The molecule has 28 heavy (non-hydrogen) atoms. The molecule has 10 nitrogen and oxygen atoms in total. The molecule has 154 valence electrons. The molecule has 2 rings (SSSR count). The predicted molar refractivity (Wildman–Crippen MR) is 104 cm³/mol. The fourth-order valence-corrected chi connectivity index (χ4v) is 2.77. The van der Waals surface area contributed by atoms with E-state index in [4.69, 9.17) is 9.84 Å². The van der Waals surface area contributed by atoms with Crippen LogP contribution >= 0.6 is 0 Å². The van der Waals surface area contributed by atoms with Crippen LogP contribution in [-0.2, 0) is 16.1 Å². The molecule has 1 amide bonds. The largest absolute Gasteiger partial charge is 0.480 e. The molecular weight excluding hydrogens is 364 g/mol. The van der Waals surface area contributed by atoms with Crippen molar-refractivity contribution >= 4 is 29.0 Å². The number of ether oxygens (including phenoxy) is 1. The SMILES string of the molecule is CC(C)[C@H](NC(=O)OCCCCCn1cnc2c(N(C)C)ncnc21)C(=O)O. The first-order valence-electron chi connectivity index (χ1n) is 9.30. The Hall–Kier alpha value is -2.91. The van der Waals surface area contributed by atoms with E-state index in [9.17, 15) is 9.59 Å². The minimum absolute atomic E-state index is 0.216. The highest BCUT2D eigenvalue weighted by Crippen LogP contribution is 2.19. The molecule has 0 unspecified atom stereocenters. The van der Waals surface area contributed by atoms with E-state index in [2.05, 4.69) is 20.3 Å². The normalized spacial score (nSPS) is 12.2. The molecule has 0 fully saturated rings. The zero-order valence-corrected chi connectivity index (χ0v) is 16.8. The number of carbonyl (C=O) groups excluding carboxylic acids is 1. The van der Waals surface area contributed by atoms with E-state index in [-0.39, 0.29) is 12.5 Å². The van der Waals surface area contributed by atoms with Crippen LogP contribution in [0.5, 0.6) is 0 Å². The lowest BCUT2D eigenvalue weighted by molar-refractivity contribution is -0.140. The molecule has 0 saturated heterocycles. The fraction of sp³-hybridized carbons (Fsp3) is 0.611. The van der Waals surface area contributed by atoms with Crippen molar-refractivity contribution in [2.75, 3.05) is 25.6 Å². The average molecular weight is 392 g/mol. The summed E-state index contributed by atoms with van der Waals surface area (Å²) in [5, 5.41) is 11.4. The molecular formula is C18H28N6O4. The Balaban J connectivity index is 1.72. The molecule has 10 heteroatoms. The number of fused-ring (bicyclic) bond motifs is 1. The number of rotatable bonds is 10. The lowest BCUT2D eigenvalue weighted by Crippen LogP contribution is -2.44. The maximum atomic E-state index is 11.7. The Morgan fingerprint density at radius 3 is 2.61 bits per heavy atom. The number of unbranched alkanes of at least 4 members (excludes halogenated alkanes) is 2. The van der Waals surface area contributed by atoms with Gasteiger partial charge in [0, 0.05) is 20.6 Å². The Bertz CT molecular complexity index is 804. The second kappa shape index (κ2) is 9.86. The van der Waals surface area contributed by atoms with Gasteiger partial charge < -0.3 is 24.6 Å². The number of carbonyl (C=O) groups is 2. The van der Waals surface area contributed by atoms with Gasteiger partial charge in [0.25, 0.3) is 0 Å². The van der Waals surface area contributed by atoms with Gasteiger partial charge in [-0.15, -0.1) is 0 Å². The monoisotopic (exact) mass is 392 g/mol. The van der Waals surface area contributed by atoms with Crippen LogP contribution in [0.2, 0.25) is 0 Å². The first-order chi connectivity index (χ1) is 13.3. The summed E-state index contributed by atoms with van der Waals surface area (Å²) in [5.74, 6) is -0.503. The third-order valence-corrected chi connectivity index (χ3v) is 4.29. The van der Waals surface area contributed by atoms with Crippen molar-refractivity contribution in [3.63, 3.8) is 0 Å². The van der Waals surface area contributed by atoms with Crippen molar-refractivity contribution in [2.45, 2.75) is 45.7 Å². The highest BCUT2D eigenvalue weighted by molar-refractivity contribution is 5.83. The van der Waals surface area contributed by atoms with E-state index in [1.54, 1.807) is 20.2 Å². The van der Waals surface area contributed by atoms with Crippen LogP contribution in [0, 0.1) is 5.92 Å². The minimum atomic E-state index is -1.07. The van der Waals surface area contributed by atoms with E-state index in [1.807, 2.05) is 23.6 Å². The lowest BCUT2D eigenvalue weighted by Gasteiger charge is -2.17.